The van der Waals surface area contributed by atoms with E-state index in [4.69, 9.17) is 4.74 Å². The first-order chi connectivity index (χ1) is 8.42. The van der Waals surface area contributed by atoms with E-state index in [0.29, 0.717) is 6.54 Å². The van der Waals surface area contributed by atoms with Gasteiger partial charge in [0.25, 0.3) is 0 Å². The van der Waals surface area contributed by atoms with Crippen molar-refractivity contribution < 1.29 is 14.6 Å². The van der Waals surface area contributed by atoms with E-state index in [0.717, 1.165) is 23.2 Å². The van der Waals surface area contributed by atoms with Gasteiger partial charge in [-0.25, -0.2) is 4.79 Å². The molecule has 1 heterocycles. The Morgan fingerprint density at radius 2 is 2.17 bits per heavy atom. The fourth-order valence-corrected chi connectivity index (χ4v) is 2.16. The van der Waals surface area contributed by atoms with Gasteiger partial charge in [0, 0.05) is 6.54 Å². The minimum absolute atomic E-state index is 0.00529. The number of amides is 1. The summed E-state index contributed by atoms with van der Waals surface area (Å²) in [5, 5.41) is 9.28. The molecule has 0 unspecified atom stereocenters. The minimum Gasteiger partial charge on any atom is -0.443 e. The third kappa shape index (κ3) is 2.48. The van der Waals surface area contributed by atoms with Gasteiger partial charge >= 0.3 is 6.09 Å². The summed E-state index contributed by atoms with van der Waals surface area (Å²) in [6, 6.07) is 5.63. The number of ether oxygens (including phenoxy) is 1. The Balaban J connectivity index is 2.24. The quantitative estimate of drug-likeness (QED) is 0.831. The van der Waals surface area contributed by atoms with E-state index in [1.54, 1.807) is 4.90 Å². The molecule has 0 saturated carbocycles. The van der Waals surface area contributed by atoms with Crippen LogP contribution < -0.4 is 4.90 Å². The first-order valence-corrected chi connectivity index (χ1v) is 6.14. The second kappa shape index (κ2) is 4.61. The highest BCUT2D eigenvalue weighted by Gasteiger charge is 2.29. The number of carbonyl (C=O) groups excluding carboxylic acids is 1. The fourth-order valence-electron chi connectivity index (χ4n) is 2.16. The summed E-state index contributed by atoms with van der Waals surface area (Å²) in [5.74, 6) is 0. The smallest absolute Gasteiger partial charge is 0.414 e. The van der Waals surface area contributed by atoms with Crippen molar-refractivity contribution in [2.45, 2.75) is 39.4 Å². The van der Waals surface area contributed by atoms with Gasteiger partial charge in [0.05, 0.1) is 12.3 Å². The number of anilines is 1. The molecule has 1 aromatic carbocycles. The first kappa shape index (κ1) is 12.9. The van der Waals surface area contributed by atoms with Crippen LogP contribution in [-0.2, 0) is 17.8 Å². The van der Waals surface area contributed by atoms with Crippen LogP contribution in [0.3, 0.4) is 0 Å². The van der Waals surface area contributed by atoms with Crippen LogP contribution in [0.25, 0.3) is 0 Å². The molecule has 2 rings (SSSR count). The highest BCUT2D eigenvalue weighted by atomic mass is 16.6. The Morgan fingerprint density at radius 3 is 2.78 bits per heavy atom. The molecule has 1 aliphatic rings. The summed E-state index contributed by atoms with van der Waals surface area (Å²) in [4.78, 5) is 13.7. The molecule has 4 heteroatoms. The Labute approximate surface area is 107 Å². The van der Waals surface area contributed by atoms with Crippen LogP contribution in [0, 0.1) is 0 Å². The Morgan fingerprint density at radius 1 is 1.44 bits per heavy atom. The summed E-state index contributed by atoms with van der Waals surface area (Å²) < 4.78 is 5.38. The van der Waals surface area contributed by atoms with Crippen LogP contribution in [0.15, 0.2) is 18.2 Å². The summed E-state index contributed by atoms with van der Waals surface area (Å²) in [6.07, 6.45) is 0.446. The molecular formula is C14H19NO3. The molecular weight excluding hydrogens is 230 g/mol. The molecule has 98 valence electrons. The standard InChI is InChI=1S/C14H19NO3/c1-14(2,3)18-13(17)15-8-7-11-10(9-16)5-4-6-12(11)15/h4-6,16H,7-9H2,1-3H3. The predicted molar refractivity (Wildman–Crippen MR) is 69.6 cm³/mol. The van der Waals surface area contributed by atoms with Gasteiger partial charge in [-0.3, -0.25) is 4.90 Å². The lowest BCUT2D eigenvalue weighted by Crippen LogP contribution is -2.35. The van der Waals surface area contributed by atoms with E-state index >= 15 is 0 Å². The Bertz CT molecular complexity index is 463. The van der Waals surface area contributed by atoms with Crippen molar-refractivity contribution in [3.63, 3.8) is 0 Å². The summed E-state index contributed by atoms with van der Waals surface area (Å²) in [6.45, 7) is 6.18. The van der Waals surface area contributed by atoms with Gasteiger partial charge in [-0.15, -0.1) is 0 Å². The number of nitrogens with zero attached hydrogens (tertiary/aromatic N) is 1. The minimum atomic E-state index is -0.492. The Hall–Kier alpha value is -1.55. The third-order valence-electron chi connectivity index (χ3n) is 2.91. The molecule has 0 bridgehead atoms. The zero-order valence-corrected chi connectivity index (χ0v) is 11.1. The number of hydrogen-bond acceptors (Lipinski definition) is 3. The zero-order chi connectivity index (χ0) is 13.3. The van der Waals surface area contributed by atoms with Crippen LogP contribution in [-0.4, -0.2) is 23.3 Å². The maximum Gasteiger partial charge on any atom is 0.414 e. The lowest BCUT2D eigenvalue weighted by Gasteiger charge is -2.24. The number of fused-ring (bicyclic) bond motifs is 1. The molecule has 18 heavy (non-hydrogen) atoms. The first-order valence-electron chi connectivity index (χ1n) is 6.14. The monoisotopic (exact) mass is 249 g/mol. The largest absolute Gasteiger partial charge is 0.443 e. The van der Waals surface area contributed by atoms with Crippen LogP contribution in [0.2, 0.25) is 0 Å². The molecule has 0 aromatic heterocycles. The zero-order valence-electron chi connectivity index (χ0n) is 11.1. The molecule has 1 N–H and O–H groups in total. The van der Waals surface area contributed by atoms with Gasteiger partial charge in [0.15, 0.2) is 0 Å². The molecule has 1 amide bonds. The fraction of sp³-hybridized carbons (Fsp3) is 0.500. The maximum absolute atomic E-state index is 12.1. The molecule has 0 aliphatic carbocycles. The number of rotatable bonds is 1. The Kier molecular flexibility index (Phi) is 3.30. The topological polar surface area (TPSA) is 49.8 Å². The normalized spacial score (nSPS) is 14.6. The molecule has 0 saturated heterocycles. The number of aliphatic hydroxyl groups excluding tert-OH is 1. The summed E-state index contributed by atoms with van der Waals surface area (Å²) in [7, 11) is 0. The highest BCUT2D eigenvalue weighted by Crippen LogP contribution is 2.31. The van der Waals surface area contributed by atoms with Gasteiger partial charge in [-0.2, -0.15) is 0 Å². The van der Waals surface area contributed by atoms with Crippen molar-refractivity contribution in [3.05, 3.63) is 29.3 Å². The van der Waals surface area contributed by atoms with Gasteiger partial charge in [0.1, 0.15) is 5.60 Å². The number of benzene rings is 1. The SMILES string of the molecule is CC(C)(C)OC(=O)N1CCc2c(CO)cccc21. The molecule has 0 atom stereocenters. The number of carbonyl (C=O) groups is 1. The van der Waals surface area contributed by atoms with E-state index in [9.17, 15) is 9.90 Å². The highest BCUT2D eigenvalue weighted by molar-refractivity contribution is 5.90. The average Bonchev–Trinajstić information content (AvgIpc) is 2.69. The molecule has 0 radical (unpaired) electrons. The van der Waals surface area contributed by atoms with Crippen molar-refractivity contribution in [2.75, 3.05) is 11.4 Å². The maximum atomic E-state index is 12.1. The molecule has 4 nitrogen and oxygen atoms in total. The predicted octanol–water partition coefficient (Wildman–Crippen LogP) is 2.48. The van der Waals surface area contributed by atoms with Gasteiger partial charge in [-0.05, 0) is 44.4 Å². The van der Waals surface area contributed by atoms with Crippen LogP contribution >= 0.6 is 0 Å². The van der Waals surface area contributed by atoms with Crippen molar-refractivity contribution in [3.8, 4) is 0 Å². The number of aliphatic hydroxyl groups is 1. The van der Waals surface area contributed by atoms with E-state index in [2.05, 4.69) is 0 Å². The summed E-state index contributed by atoms with van der Waals surface area (Å²) >= 11 is 0. The number of hydrogen-bond donors (Lipinski definition) is 1. The lowest BCUT2D eigenvalue weighted by molar-refractivity contribution is 0.0584. The molecule has 1 aromatic rings. The van der Waals surface area contributed by atoms with Crippen LogP contribution in [0.1, 0.15) is 31.9 Å². The van der Waals surface area contributed by atoms with E-state index < -0.39 is 5.60 Å². The van der Waals surface area contributed by atoms with E-state index in [-0.39, 0.29) is 12.7 Å². The van der Waals surface area contributed by atoms with E-state index in [1.807, 2.05) is 39.0 Å². The molecule has 1 aliphatic heterocycles. The molecule has 0 spiro atoms. The lowest BCUT2D eigenvalue weighted by atomic mass is 10.1. The van der Waals surface area contributed by atoms with Crippen LogP contribution in [0.5, 0.6) is 0 Å². The summed E-state index contributed by atoms with van der Waals surface area (Å²) in [5.41, 5.74) is 2.30. The van der Waals surface area contributed by atoms with Gasteiger partial charge < -0.3 is 9.84 Å². The average molecular weight is 249 g/mol. The van der Waals surface area contributed by atoms with Crippen molar-refractivity contribution in [1.29, 1.82) is 0 Å². The van der Waals surface area contributed by atoms with Crippen molar-refractivity contribution in [2.24, 2.45) is 0 Å². The van der Waals surface area contributed by atoms with E-state index in [1.165, 1.54) is 0 Å². The van der Waals surface area contributed by atoms with Crippen molar-refractivity contribution >= 4 is 11.8 Å². The molecule has 0 fully saturated rings. The van der Waals surface area contributed by atoms with Gasteiger partial charge in [0.2, 0.25) is 0 Å². The van der Waals surface area contributed by atoms with Gasteiger partial charge in [-0.1, -0.05) is 12.1 Å². The van der Waals surface area contributed by atoms with Crippen molar-refractivity contribution in [1.82, 2.24) is 0 Å². The third-order valence-corrected chi connectivity index (χ3v) is 2.91. The van der Waals surface area contributed by atoms with Crippen LogP contribution in [0.4, 0.5) is 10.5 Å². The second-order valence-corrected chi connectivity index (χ2v) is 5.45. The second-order valence-electron chi connectivity index (χ2n) is 5.45.